The zero-order valence-electron chi connectivity index (χ0n) is 15.1. The summed E-state index contributed by atoms with van der Waals surface area (Å²) in [7, 11) is 0. The molecule has 3 fully saturated rings. The van der Waals surface area contributed by atoms with Crippen molar-refractivity contribution in [3.63, 3.8) is 0 Å². The van der Waals surface area contributed by atoms with Gasteiger partial charge in [-0.2, -0.15) is 0 Å². The van der Waals surface area contributed by atoms with Crippen LogP contribution in [0.3, 0.4) is 0 Å². The van der Waals surface area contributed by atoms with E-state index in [1.165, 1.54) is 32.2 Å². The number of rotatable bonds is 4. The molecule has 0 aromatic rings. The molecule has 2 aliphatic heterocycles. The van der Waals surface area contributed by atoms with E-state index in [1.54, 1.807) is 0 Å². The lowest BCUT2D eigenvalue weighted by atomic mass is 9.88. The van der Waals surface area contributed by atoms with E-state index in [2.05, 4.69) is 27.8 Å². The van der Waals surface area contributed by atoms with Crippen molar-refractivity contribution in [2.75, 3.05) is 32.7 Å². The molecular formula is C18H35ClN4O. The lowest BCUT2D eigenvalue weighted by molar-refractivity contribution is 0.137. The van der Waals surface area contributed by atoms with Crippen molar-refractivity contribution in [3.8, 4) is 0 Å². The summed E-state index contributed by atoms with van der Waals surface area (Å²) in [6.07, 6.45) is 9.61. The lowest BCUT2D eigenvalue weighted by Gasteiger charge is -2.37. The fraction of sp³-hybridized carbons (Fsp3) is 0.944. The van der Waals surface area contributed by atoms with Crippen LogP contribution < -0.4 is 16.0 Å². The molecule has 0 spiro atoms. The summed E-state index contributed by atoms with van der Waals surface area (Å²) in [5, 5.41) is 9.86. The first-order valence-electron chi connectivity index (χ1n) is 9.63. The van der Waals surface area contributed by atoms with E-state index in [1.807, 2.05) is 0 Å². The van der Waals surface area contributed by atoms with Crippen molar-refractivity contribution < 1.29 is 4.79 Å². The quantitative estimate of drug-likeness (QED) is 0.723. The molecule has 3 rings (SSSR count). The highest BCUT2D eigenvalue weighted by Gasteiger charge is 2.32. The first-order valence-corrected chi connectivity index (χ1v) is 9.63. The molecular weight excluding hydrogens is 324 g/mol. The summed E-state index contributed by atoms with van der Waals surface area (Å²) in [4.78, 5) is 14.7. The second kappa shape index (κ2) is 9.25. The maximum Gasteiger partial charge on any atom is 0.315 e. The van der Waals surface area contributed by atoms with Crippen LogP contribution in [0.5, 0.6) is 0 Å². The second-order valence-electron chi connectivity index (χ2n) is 8.24. The molecule has 2 saturated heterocycles. The van der Waals surface area contributed by atoms with Gasteiger partial charge in [0.1, 0.15) is 0 Å². The van der Waals surface area contributed by atoms with Crippen molar-refractivity contribution in [1.82, 2.24) is 20.9 Å². The number of carbonyl (C=O) groups is 1. The minimum Gasteiger partial charge on any atom is -0.335 e. The highest BCUT2D eigenvalue weighted by molar-refractivity contribution is 5.85. The molecule has 0 aromatic heterocycles. The van der Waals surface area contributed by atoms with Gasteiger partial charge < -0.3 is 20.9 Å². The van der Waals surface area contributed by atoms with Crippen LogP contribution >= 0.6 is 12.4 Å². The Bertz CT molecular complexity index is 386. The molecule has 140 valence electrons. The second-order valence-corrected chi connectivity index (χ2v) is 8.24. The third-order valence-electron chi connectivity index (χ3n) is 5.93. The Labute approximate surface area is 153 Å². The van der Waals surface area contributed by atoms with Gasteiger partial charge in [0, 0.05) is 38.3 Å². The Kier molecular flexibility index (Phi) is 7.63. The summed E-state index contributed by atoms with van der Waals surface area (Å²) in [5.74, 6) is 0. The smallest absolute Gasteiger partial charge is 0.315 e. The normalized spacial score (nSPS) is 29.9. The summed E-state index contributed by atoms with van der Waals surface area (Å²) >= 11 is 0. The van der Waals surface area contributed by atoms with Gasteiger partial charge in [0.05, 0.1) is 0 Å². The van der Waals surface area contributed by atoms with E-state index in [9.17, 15) is 4.79 Å². The topological polar surface area (TPSA) is 56.4 Å². The predicted octanol–water partition coefficient (Wildman–Crippen LogP) is 2.50. The highest BCUT2D eigenvalue weighted by Crippen LogP contribution is 2.27. The zero-order valence-corrected chi connectivity index (χ0v) is 15.9. The van der Waals surface area contributed by atoms with E-state index in [-0.39, 0.29) is 18.4 Å². The van der Waals surface area contributed by atoms with Gasteiger partial charge in [-0.25, -0.2) is 4.79 Å². The van der Waals surface area contributed by atoms with E-state index in [0.717, 1.165) is 51.9 Å². The molecule has 0 radical (unpaired) electrons. The van der Waals surface area contributed by atoms with Crippen LogP contribution in [0, 0.1) is 5.41 Å². The number of nitrogens with one attached hydrogen (secondary N) is 3. The van der Waals surface area contributed by atoms with E-state index >= 15 is 0 Å². The molecule has 5 nitrogen and oxygen atoms in total. The van der Waals surface area contributed by atoms with Crippen LogP contribution in [-0.2, 0) is 0 Å². The zero-order chi connectivity index (χ0) is 16.1. The van der Waals surface area contributed by atoms with Crippen LogP contribution in [0.4, 0.5) is 4.79 Å². The van der Waals surface area contributed by atoms with Crippen LogP contribution in [0.2, 0.25) is 0 Å². The maximum atomic E-state index is 12.1. The first kappa shape index (κ1) is 19.8. The highest BCUT2D eigenvalue weighted by atomic mass is 35.5. The van der Waals surface area contributed by atoms with Gasteiger partial charge in [-0.3, -0.25) is 0 Å². The molecule has 1 unspecified atom stereocenters. The van der Waals surface area contributed by atoms with Gasteiger partial charge in [0.15, 0.2) is 0 Å². The number of nitrogens with zero attached hydrogens (tertiary/aromatic N) is 1. The third kappa shape index (κ3) is 5.78. The summed E-state index contributed by atoms with van der Waals surface area (Å²) in [6, 6.07) is 0.810. The molecule has 1 saturated carbocycles. The van der Waals surface area contributed by atoms with Crippen LogP contribution in [0.25, 0.3) is 0 Å². The minimum absolute atomic E-state index is 0. The van der Waals surface area contributed by atoms with Crippen molar-refractivity contribution in [1.29, 1.82) is 0 Å². The molecule has 0 aromatic carbocycles. The predicted molar refractivity (Wildman–Crippen MR) is 101 cm³/mol. The summed E-state index contributed by atoms with van der Waals surface area (Å²) in [6.45, 7) is 8.13. The molecule has 2 amide bonds. The Hall–Kier alpha value is -0.520. The number of piperidine rings is 1. The third-order valence-corrected chi connectivity index (χ3v) is 5.93. The number of likely N-dealkylation sites (tertiary alicyclic amines) is 1. The van der Waals surface area contributed by atoms with Crippen LogP contribution in [0.1, 0.15) is 58.3 Å². The number of carbonyl (C=O) groups excluding carboxylic acids is 1. The van der Waals surface area contributed by atoms with Crippen molar-refractivity contribution >= 4 is 18.4 Å². The van der Waals surface area contributed by atoms with Gasteiger partial charge in [0.25, 0.3) is 0 Å². The van der Waals surface area contributed by atoms with Gasteiger partial charge in [-0.15, -0.1) is 12.4 Å². The number of amides is 2. The summed E-state index contributed by atoms with van der Waals surface area (Å²) < 4.78 is 0. The van der Waals surface area contributed by atoms with Gasteiger partial charge in [0.2, 0.25) is 0 Å². The minimum atomic E-state index is 0. The van der Waals surface area contributed by atoms with Gasteiger partial charge in [-0.1, -0.05) is 26.2 Å². The Morgan fingerprint density at radius 3 is 2.29 bits per heavy atom. The van der Waals surface area contributed by atoms with Crippen molar-refractivity contribution in [3.05, 3.63) is 0 Å². The van der Waals surface area contributed by atoms with Gasteiger partial charge in [-0.05, 0) is 44.1 Å². The van der Waals surface area contributed by atoms with E-state index in [4.69, 9.17) is 0 Å². The first-order chi connectivity index (χ1) is 11.1. The number of hydrogen-bond donors (Lipinski definition) is 3. The fourth-order valence-electron chi connectivity index (χ4n) is 4.44. The van der Waals surface area contributed by atoms with Crippen molar-refractivity contribution in [2.45, 2.75) is 70.4 Å². The van der Waals surface area contributed by atoms with Crippen LogP contribution in [-0.4, -0.2) is 55.7 Å². The molecule has 3 aliphatic rings. The molecule has 2 heterocycles. The molecule has 1 atom stereocenters. The fourth-order valence-corrected chi connectivity index (χ4v) is 4.44. The van der Waals surface area contributed by atoms with Gasteiger partial charge >= 0.3 is 6.03 Å². The Morgan fingerprint density at radius 1 is 1.08 bits per heavy atom. The van der Waals surface area contributed by atoms with E-state index < -0.39 is 0 Å². The summed E-state index contributed by atoms with van der Waals surface area (Å²) in [5.41, 5.74) is 0.443. The standard InChI is InChI=1S/C18H34N4O.ClH/c1-18(9-10-19-13-18)14-22-11-7-16(8-12-22)21-17(23)20-15-5-3-2-4-6-15;/h15-16,19H,2-14H2,1H3,(H2,20,21,23);1H. The maximum absolute atomic E-state index is 12.1. The molecule has 1 aliphatic carbocycles. The Morgan fingerprint density at radius 2 is 1.71 bits per heavy atom. The van der Waals surface area contributed by atoms with Crippen molar-refractivity contribution in [2.24, 2.45) is 5.41 Å². The molecule has 3 N–H and O–H groups in total. The monoisotopic (exact) mass is 358 g/mol. The Balaban J connectivity index is 0.00000208. The lowest BCUT2D eigenvalue weighted by Crippen LogP contribution is -2.51. The van der Waals surface area contributed by atoms with Crippen LogP contribution in [0.15, 0.2) is 0 Å². The molecule has 0 bridgehead atoms. The molecule has 24 heavy (non-hydrogen) atoms. The molecule has 6 heteroatoms. The average Bonchev–Trinajstić information content (AvgIpc) is 2.96. The number of halogens is 1. The largest absolute Gasteiger partial charge is 0.335 e. The average molecular weight is 359 g/mol. The number of urea groups is 1. The SMILES string of the molecule is CC1(CN2CCC(NC(=O)NC3CCCCC3)CC2)CCNC1.Cl. The number of hydrogen-bond acceptors (Lipinski definition) is 3. The van der Waals surface area contributed by atoms with E-state index in [0.29, 0.717) is 17.5 Å².